The van der Waals surface area contributed by atoms with Crippen molar-refractivity contribution in [2.24, 2.45) is 0 Å². The maximum atomic E-state index is 13.3. The van der Waals surface area contributed by atoms with Gasteiger partial charge in [0.05, 0.1) is 29.3 Å². The number of amides is 2. The number of H-pyrrole nitrogens is 1. The van der Waals surface area contributed by atoms with Crippen LogP contribution in [0.5, 0.6) is 0 Å². The zero-order valence-corrected chi connectivity index (χ0v) is 23.1. The maximum Gasteiger partial charge on any atom is 0.276 e. The lowest BCUT2D eigenvalue weighted by Gasteiger charge is -2.25. The number of aromatic amines is 1. The first kappa shape index (κ1) is 26.4. The SMILES string of the molecule is C=c1cnc(C(=O)Nc2nc3c(C(=O)Nc4nc5c(s4)CN(Cc4ccoc4)CC5)cccc3[nH]2)c/c1=C/C=C\C. The Morgan fingerprint density at radius 2 is 2.12 bits per heavy atom. The van der Waals surface area contributed by atoms with E-state index in [0.29, 0.717) is 26.9 Å². The van der Waals surface area contributed by atoms with Gasteiger partial charge in [-0.3, -0.25) is 30.1 Å². The number of anilines is 2. The van der Waals surface area contributed by atoms with E-state index in [1.807, 2.05) is 31.2 Å². The van der Waals surface area contributed by atoms with Crippen LogP contribution in [0.15, 0.2) is 65.6 Å². The average Bonchev–Trinajstić information content (AvgIpc) is 3.71. The van der Waals surface area contributed by atoms with Crippen molar-refractivity contribution in [2.45, 2.75) is 26.4 Å². The molecule has 1 aliphatic heterocycles. The van der Waals surface area contributed by atoms with Crippen molar-refractivity contribution in [1.82, 2.24) is 24.8 Å². The molecule has 0 unspecified atom stereocenters. The number of hydrogen-bond donors (Lipinski definition) is 3. The van der Waals surface area contributed by atoms with E-state index in [2.05, 4.69) is 42.0 Å². The number of furan rings is 1. The van der Waals surface area contributed by atoms with Gasteiger partial charge in [-0.25, -0.2) is 9.97 Å². The number of fused-ring (bicyclic) bond motifs is 2. The molecule has 4 aromatic heterocycles. The predicted molar refractivity (Wildman–Crippen MR) is 159 cm³/mol. The number of carbonyl (C=O) groups excluding carboxylic acids is 2. The molecule has 41 heavy (non-hydrogen) atoms. The van der Waals surface area contributed by atoms with Crippen LogP contribution < -0.4 is 21.1 Å². The lowest BCUT2D eigenvalue weighted by Crippen LogP contribution is -2.29. The van der Waals surface area contributed by atoms with Gasteiger partial charge in [-0.1, -0.05) is 30.9 Å². The Bertz CT molecular complexity index is 1890. The molecule has 1 aliphatic rings. The summed E-state index contributed by atoms with van der Waals surface area (Å²) in [6.45, 7) is 8.33. The van der Waals surface area contributed by atoms with Gasteiger partial charge in [0.2, 0.25) is 5.95 Å². The topological polar surface area (TPSA) is 129 Å². The molecule has 1 aromatic carbocycles. The maximum absolute atomic E-state index is 13.3. The number of para-hydroxylation sites is 1. The molecule has 0 saturated carbocycles. The van der Waals surface area contributed by atoms with Crippen molar-refractivity contribution >= 4 is 57.9 Å². The Morgan fingerprint density at radius 3 is 2.95 bits per heavy atom. The number of benzene rings is 1. The van der Waals surface area contributed by atoms with Gasteiger partial charge in [-0.05, 0) is 41.6 Å². The number of imidazole rings is 1. The number of nitrogens with one attached hydrogen (secondary N) is 3. The molecule has 2 amide bonds. The Hall–Kier alpha value is -4.87. The molecule has 0 saturated heterocycles. The van der Waals surface area contributed by atoms with E-state index in [1.165, 1.54) is 11.3 Å². The van der Waals surface area contributed by atoms with Gasteiger partial charge in [-0.2, -0.15) is 0 Å². The zero-order valence-electron chi connectivity index (χ0n) is 22.3. The first-order valence-corrected chi connectivity index (χ1v) is 13.9. The normalized spacial score (nSPS) is 14.0. The summed E-state index contributed by atoms with van der Waals surface area (Å²) >= 11 is 1.49. The van der Waals surface area contributed by atoms with E-state index in [-0.39, 0.29) is 17.5 Å². The standard InChI is InChI=1S/C30H27N7O3S/c1-3-4-6-20-13-24(31-14-18(20)2)28(39)35-29-32-23-8-5-7-21(26(23)34-29)27(38)36-30-33-22-9-11-37(16-25(22)41-30)15-19-10-12-40-17-19/h3-8,10,12-14,17H,2,9,11,15-16H2,1H3,(H,33,36,38)(H2,32,34,35,39)/b4-3-,20-6-. The summed E-state index contributed by atoms with van der Waals surface area (Å²) in [4.78, 5) is 46.1. The molecular formula is C30H27N7O3S. The highest BCUT2D eigenvalue weighted by Gasteiger charge is 2.23. The van der Waals surface area contributed by atoms with Gasteiger partial charge in [0, 0.05) is 42.7 Å². The van der Waals surface area contributed by atoms with E-state index in [0.717, 1.165) is 47.4 Å². The van der Waals surface area contributed by atoms with Gasteiger partial charge in [-0.15, -0.1) is 11.3 Å². The number of allylic oxidation sites excluding steroid dienone is 2. The molecular weight excluding hydrogens is 538 g/mol. The number of carbonyl (C=O) groups is 2. The minimum absolute atomic E-state index is 0.215. The quantitative estimate of drug-likeness (QED) is 0.274. The predicted octanol–water partition coefficient (Wildman–Crippen LogP) is 3.84. The second-order valence-corrected chi connectivity index (χ2v) is 10.7. The van der Waals surface area contributed by atoms with Crippen molar-refractivity contribution in [3.05, 3.63) is 99.0 Å². The molecule has 0 spiro atoms. The molecule has 0 bridgehead atoms. The van der Waals surface area contributed by atoms with E-state index in [4.69, 9.17) is 4.42 Å². The largest absolute Gasteiger partial charge is 0.472 e. The first-order valence-electron chi connectivity index (χ1n) is 13.1. The van der Waals surface area contributed by atoms with Crippen LogP contribution in [-0.4, -0.2) is 43.2 Å². The average molecular weight is 566 g/mol. The first-order chi connectivity index (χ1) is 20.0. The molecule has 6 rings (SSSR count). The number of hydrogen-bond acceptors (Lipinski definition) is 8. The summed E-state index contributed by atoms with van der Waals surface area (Å²) in [6, 6.07) is 8.90. The van der Waals surface area contributed by atoms with Crippen molar-refractivity contribution in [3.8, 4) is 0 Å². The second kappa shape index (κ2) is 11.3. The minimum Gasteiger partial charge on any atom is -0.472 e. The molecule has 5 heterocycles. The van der Waals surface area contributed by atoms with Crippen LogP contribution in [-0.2, 0) is 19.5 Å². The Balaban J connectivity index is 1.17. The van der Waals surface area contributed by atoms with Crippen LogP contribution in [0.4, 0.5) is 11.1 Å². The summed E-state index contributed by atoms with van der Waals surface area (Å²) in [5.74, 6) is -0.536. The van der Waals surface area contributed by atoms with Gasteiger partial charge in [0.25, 0.3) is 11.8 Å². The van der Waals surface area contributed by atoms with Gasteiger partial charge >= 0.3 is 0 Å². The summed E-state index contributed by atoms with van der Waals surface area (Å²) < 4.78 is 5.19. The van der Waals surface area contributed by atoms with Crippen molar-refractivity contribution in [2.75, 3.05) is 17.2 Å². The minimum atomic E-state index is -0.430. The Morgan fingerprint density at radius 1 is 1.22 bits per heavy atom. The molecule has 206 valence electrons. The molecule has 0 radical (unpaired) electrons. The Kier molecular flexibility index (Phi) is 7.28. The Labute approximate surface area is 239 Å². The number of aromatic nitrogens is 4. The van der Waals surface area contributed by atoms with E-state index in [9.17, 15) is 9.59 Å². The third kappa shape index (κ3) is 5.72. The van der Waals surface area contributed by atoms with Gasteiger partial charge < -0.3 is 9.40 Å². The molecule has 5 aromatic rings. The molecule has 0 atom stereocenters. The molecule has 10 nitrogen and oxygen atoms in total. The lowest BCUT2D eigenvalue weighted by molar-refractivity contribution is 0.101. The third-order valence-electron chi connectivity index (χ3n) is 6.73. The van der Waals surface area contributed by atoms with Crippen LogP contribution in [0.3, 0.4) is 0 Å². The molecule has 11 heteroatoms. The summed E-state index contributed by atoms with van der Waals surface area (Å²) in [7, 11) is 0. The fourth-order valence-corrected chi connectivity index (χ4v) is 5.71. The monoisotopic (exact) mass is 565 g/mol. The van der Waals surface area contributed by atoms with E-state index < -0.39 is 5.91 Å². The summed E-state index contributed by atoms with van der Waals surface area (Å²) in [5, 5.41) is 7.75. The van der Waals surface area contributed by atoms with Crippen molar-refractivity contribution < 1.29 is 14.0 Å². The van der Waals surface area contributed by atoms with Crippen LogP contribution in [0.2, 0.25) is 0 Å². The lowest BCUT2D eigenvalue weighted by atomic mass is 10.1. The van der Waals surface area contributed by atoms with Crippen LogP contribution in [0.25, 0.3) is 23.7 Å². The molecule has 0 aliphatic carbocycles. The van der Waals surface area contributed by atoms with E-state index in [1.54, 1.807) is 43.0 Å². The zero-order chi connectivity index (χ0) is 28.3. The highest BCUT2D eigenvalue weighted by Crippen LogP contribution is 2.30. The van der Waals surface area contributed by atoms with Crippen LogP contribution in [0.1, 0.15) is 43.9 Å². The summed E-state index contributed by atoms with van der Waals surface area (Å²) in [5.41, 5.74) is 3.80. The van der Waals surface area contributed by atoms with Crippen molar-refractivity contribution in [3.63, 3.8) is 0 Å². The number of thiazole rings is 1. The highest BCUT2D eigenvalue weighted by molar-refractivity contribution is 7.15. The van der Waals surface area contributed by atoms with Crippen LogP contribution in [0, 0.1) is 0 Å². The van der Waals surface area contributed by atoms with Crippen LogP contribution >= 0.6 is 11.3 Å². The van der Waals surface area contributed by atoms with E-state index >= 15 is 0 Å². The van der Waals surface area contributed by atoms with Gasteiger partial charge in [0.1, 0.15) is 11.2 Å². The fourth-order valence-electron chi connectivity index (χ4n) is 4.67. The molecule has 3 N–H and O–H groups in total. The number of nitrogens with zero attached hydrogens (tertiary/aromatic N) is 4. The number of pyridine rings is 1. The second-order valence-electron chi connectivity index (χ2n) is 9.64. The summed E-state index contributed by atoms with van der Waals surface area (Å²) in [6.07, 6.45) is 11.4. The number of rotatable bonds is 7. The smallest absolute Gasteiger partial charge is 0.276 e. The highest BCUT2D eigenvalue weighted by atomic mass is 32.1. The fraction of sp³-hybridized carbons (Fsp3) is 0.167. The third-order valence-corrected chi connectivity index (χ3v) is 7.73. The molecule has 0 fully saturated rings. The van der Waals surface area contributed by atoms with Gasteiger partial charge in [0.15, 0.2) is 5.13 Å². The van der Waals surface area contributed by atoms with Crippen molar-refractivity contribution in [1.29, 1.82) is 0 Å².